The second-order valence-electron chi connectivity index (χ2n) is 11.9. The van der Waals surface area contributed by atoms with E-state index in [2.05, 4.69) is 36.0 Å². The van der Waals surface area contributed by atoms with E-state index in [9.17, 15) is 15.3 Å². The number of phenolic OH excluding ortho intramolecular Hbond substituents is 3. The van der Waals surface area contributed by atoms with E-state index in [0.717, 1.165) is 65.7 Å². The maximum Gasteiger partial charge on any atom is 0.201 e. The number of rotatable bonds is 1. The van der Waals surface area contributed by atoms with Gasteiger partial charge in [-0.15, -0.1) is 0 Å². The molecule has 0 fully saturated rings. The number of fused-ring (bicyclic) bond motifs is 2. The smallest absolute Gasteiger partial charge is 0.201 e. The van der Waals surface area contributed by atoms with Crippen LogP contribution >= 0.6 is 0 Å². The molecule has 0 saturated heterocycles. The third kappa shape index (κ3) is 4.90. The molecule has 4 aliphatic rings. The van der Waals surface area contributed by atoms with Crippen molar-refractivity contribution in [1.29, 1.82) is 0 Å². The topological polar surface area (TPSA) is 94.9 Å². The molecule has 4 aromatic carbocycles. The van der Waals surface area contributed by atoms with Crippen molar-refractivity contribution in [3.63, 3.8) is 0 Å². The largest absolute Gasteiger partial charge is 0.504 e. The zero-order valence-corrected chi connectivity index (χ0v) is 24.6. The molecule has 2 atom stereocenters. The van der Waals surface area contributed by atoms with Crippen LogP contribution in [0.5, 0.6) is 46.0 Å². The standard InChI is InChI=1S/C35H36N2O6/c1-36-12-10-22-17-29(39)31-19-25(22)26(36)14-20-4-7-24(8-5-20)42-35-33-23(18-32(41-3)34(35)40)11-13-37(2)27(33)15-21-6-9-28(38)30(16-21)43-31/h4-9,16-19,26-27,38-40H,10-15H2,1-3H3/t26-,27+/m1/s1. The summed E-state index contributed by atoms with van der Waals surface area (Å²) in [6, 6.07) is 18.9. The van der Waals surface area contributed by atoms with Crippen molar-refractivity contribution in [2.45, 2.75) is 37.8 Å². The number of hydrogen-bond acceptors (Lipinski definition) is 8. The van der Waals surface area contributed by atoms with Crippen molar-refractivity contribution in [2.75, 3.05) is 34.3 Å². The van der Waals surface area contributed by atoms with Crippen molar-refractivity contribution in [3.8, 4) is 46.0 Å². The fourth-order valence-corrected chi connectivity index (χ4v) is 6.79. The normalized spacial score (nSPS) is 19.9. The summed E-state index contributed by atoms with van der Waals surface area (Å²) in [5, 5.41) is 33.1. The Morgan fingerprint density at radius 1 is 0.721 bits per heavy atom. The van der Waals surface area contributed by atoms with Crippen LogP contribution in [-0.2, 0) is 25.7 Å². The van der Waals surface area contributed by atoms with E-state index < -0.39 is 0 Å². The SMILES string of the molecule is COc1cc2c3c(c1O)Oc1ccc(cc1)C[C@@H]1c4cc(c(O)cc4CCN1C)Oc1cc(ccc1O)C[C@@H]3N(C)CC2. The Morgan fingerprint density at radius 3 is 2.16 bits per heavy atom. The Balaban J connectivity index is 1.41. The number of ether oxygens (including phenoxy) is 3. The minimum Gasteiger partial charge on any atom is -0.504 e. The fourth-order valence-electron chi connectivity index (χ4n) is 6.79. The Morgan fingerprint density at radius 2 is 1.40 bits per heavy atom. The van der Waals surface area contributed by atoms with Crippen LogP contribution in [0, 0.1) is 0 Å². The molecule has 8 rings (SSSR count). The van der Waals surface area contributed by atoms with Crippen molar-refractivity contribution in [2.24, 2.45) is 0 Å². The summed E-state index contributed by atoms with van der Waals surface area (Å²) < 4.78 is 18.3. The van der Waals surface area contributed by atoms with E-state index in [1.807, 2.05) is 36.4 Å². The first-order valence-electron chi connectivity index (χ1n) is 14.7. The molecule has 4 aromatic rings. The monoisotopic (exact) mass is 580 g/mol. The molecule has 0 saturated carbocycles. The summed E-state index contributed by atoms with van der Waals surface area (Å²) in [5.41, 5.74) is 6.23. The Kier molecular flexibility index (Phi) is 6.83. The van der Waals surface area contributed by atoms with E-state index in [1.54, 1.807) is 19.2 Å². The van der Waals surface area contributed by atoms with Gasteiger partial charge in [0.1, 0.15) is 5.75 Å². The third-order valence-corrected chi connectivity index (χ3v) is 9.25. The predicted molar refractivity (Wildman–Crippen MR) is 163 cm³/mol. The molecule has 0 unspecified atom stereocenters. The van der Waals surface area contributed by atoms with Gasteiger partial charge in [0, 0.05) is 30.7 Å². The summed E-state index contributed by atoms with van der Waals surface area (Å²) in [7, 11) is 5.73. The molecule has 43 heavy (non-hydrogen) atoms. The molecule has 0 amide bonds. The first-order chi connectivity index (χ1) is 20.8. The van der Waals surface area contributed by atoms with E-state index in [0.29, 0.717) is 29.4 Å². The lowest BCUT2D eigenvalue weighted by Crippen LogP contribution is -2.34. The van der Waals surface area contributed by atoms with Gasteiger partial charge in [0.15, 0.2) is 34.5 Å². The summed E-state index contributed by atoms with van der Waals surface area (Å²) in [5.74, 6) is 2.02. The second kappa shape index (κ2) is 10.7. The van der Waals surface area contributed by atoms with Crippen LogP contribution in [0.3, 0.4) is 0 Å². The summed E-state index contributed by atoms with van der Waals surface area (Å²) >= 11 is 0. The summed E-state index contributed by atoms with van der Waals surface area (Å²) in [6.45, 7) is 1.69. The Bertz CT molecular complexity index is 1700. The van der Waals surface area contributed by atoms with Gasteiger partial charge in [-0.1, -0.05) is 18.2 Å². The quantitative estimate of drug-likeness (QED) is 0.243. The minimum atomic E-state index is -0.125. The van der Waals surface area contributed by atoms with Crippen molar-refractivity contribution < 1.29 is 29.5 Å². The molecule has 8 nitrogen and oxygen atoms in total. The van der Waals surface area contributed by atoms with Gasteiger partial charge in [-0.3, -0.25) is 9.80 Å². The van der Waals surface area contributed by atoms with Gasteiger partial charge in [-0.2, -0.15) is 0 Å². The highest BCUT2D eigenvalue weighted by atomic mass is 16.5. The van der Waals surface area contributed by atoms with Crippen LogP contribution in [0.15, 0.2) is 60.7 Å². The number of methoxy groups -OCH3 is 1. The molecule has 4 heterocycles. The maximum absolute atomic E-state index is 11.3. The lowest BCUT2D eigenvalue weighted by molar-refractivity contribution is 0.222. The zero-order chi connectivity index (χ0) is 29.8. The molecular weight excluding hydrogens is 544 g/mol. The number of likely N-dealkylation sites (N-methyl/N-ethyl adjacent to an activating group) is 2. The minimum absolute atomic E-state index is 0.00714. The van der Waals surface area contributed by atoms with E-state index in [4.69, 9.17) is 14.2 Å². The van der Waals surface area contributed by atoms with Gasteiger partial charge in [0.05, 0.1) is 7.11 Å². The lowest BCUT2D eigenvalue weighted by Gasteiger charge is -2.36. The molecular formula is C35H36N2O6. The van der Waals surface area contributed by atoms with Crippen LogP contribution in [0.2, 0.25) is 0 Å². The second-order valence-corrected chi connectivity index (χ2v) is 11.9. The number of aromatic hydroxyl groups is 3. The highest BCUT2D eigenvalue weighted by Gasteiger charge is 2.33. The molecule has 0 radical (unpaired) electrons. The number of nitrogens with zero attached hydrogens (tertiary/aromatic N) is 2. The third-order valence-electron chi connectivity index (χ3n) is 9.25. The van der Waals surface area contributed by atoms with Gasteiger partial charge in [0.25, 0.3) is 0 Å². The van der Waals surface area contributed by atoms with Gasteiger partial charge >= 0.3 is 0 Å². The number of benzene rings is 4. The Hall–Kier alpha value is -4.40. The van der Waals surface area contributed by atoms with Crippen molar-refractivity contribution >= 4 is 0 Å². The van der Waals surface area contributed by atoms with Gasteiger partial charge in [-0.05, 0) is 110 Å². The van der Waals surface area contributed by atoms with Crippen LogP contribution in [-0.4, -0.2) is 59.4 Å². The van der Waals surface area contributed by atoms with Gasteiger partial charge in [0.2, 0.25) is 5.75 Å². The summed E-state index contributed by atoms with van der Waals surface area (Å²) in [4.78, 5) is 4.57. The van der Waals surface area contributed by atoms with Gasteiger partial charge in [-0.25, -0.2) is 0 Å². The maximum atomic E-state index is 11.3. The highest BCUT2D eigenvalue weighted by molar-refractivity contribution is 5.62. The molecule has 0 aromatic heterocycles. The number of hydrogen-bond donors (Lipinski definition) is 3. The molecule has 0 aliphatic carbocycles. The van der Waals surface area contributed by atoms with Gasteiger partial charge < -0.3 is 29.5 Å². The molecule has 222 valence electrons. The molecule has 3 N–H and O–H groups in total. The van der Waals surface area contributed by atoms with E-state index in [1.165, 1.54) is 0 Å². The average molecular weight is 581 g/mol. The molecule has 0 spiro atoms. The van der Waals surface area contributed by atoms with Crippen LogP contribution in [0.1, 0.15) is 45.5 Å². The summed E-state index contributed by atoms with van der Waals surface area (Å²) in [6.07, 6.45) is 2.93. The van der Waals surface area contributed by atoms with Crippen LogP contribution in [0.25, 0.3) is 0 Å². The van der Waals surface area contributed by atoms with Crippen molar-refractivity contribution in [3.05, 3.63) is 94.0 Å². The molecule has 8 heteroatoms. The average Bonchev–Trinajstić information content (AvgIpc) is 3.00. The lowest BCUT2D eigenvalue weighted by atomic mass is 9.87. The first-order valence-corrected chi connectivity index (χ1v) is 14.7. The van der Waals surface area contributed by atoms with E-state index >= 15 is 0 Å². The number of phenols is 3. The Labute approximate surface area is 251 Å². The van der Waals surface area contributed by atoms with Crippen LogP contribution < -0.4 is 14.2 Å². The predicted octanol–water partition coefficient (Wildman–Crippen LogP) is 6.25. The van der Waals surface area contributed by atoms with Crippen LogP contribution in [0.4, 0.5) is 0 Å². The highest BCUT2D eigenvalue weighted by Crippen LogP contribution is 2.50. The first kappa shape index (κ1) is 27.4. The zero-order valence-electron chi connectivity index (χ0n) is 24.6. The molecule has 4 aliphatic heterocycles. The fraction of sp³-hybridized carbons (Fsp3) is 0.314. The molecule has 6 bridgehead atoms. The van der Waals surface area contributed by atoms with E-state index in [-0.39, 0.29) is 35.1 Å². The van der Waals surface area contributed by atoms with Crippen molar-refractivity contribution in [1.82, 2.24) is 9.80 Å².